The van der Waals surface area contributed by atoms with Gasteiger partial charge in [0.15, 0.2) is 0 Å². The second-order valence-corrected chi connectivity index (χ2v) is 5.22. The Labute approximate surface area is 120 Å². The van der Waals surface area contributed by atoms with Crippen LogP contribution in [-0.2, 0) is 5.88 Å². The van der Waals surface area contributed by atoms with Crippen LogP contribution >= 0.6 is 23.2 Å². The van der Waals surface area contributed by atoms with Gasteiger partial charge in [0.2, 0.25) is 0 Å². The molecule has 0 fully saturated rings. The van der Waals surface area contributed by atoms with Gasteiger partial charge in [-0.05, 0) is 20.3 Å². The number of hydrogen-bond donors (Lipinski definition) is 0. The molecule has 0 radical (unpaired) electrons. The zero-order valence-corrected chi connectivity index (χ0v) is 12.8. The molecule has 0 aromatic carbocycles. The zero-order chi connectivity index (χ0) is 13.5. The highest BCUT2D eigenvalue weighted by molar-refractivity contribution is 6.31. The first-order chi connectivity index (χ1) is 8.61. The number of halogens is 2. The molecule has 1 aromatic rings. The first-order valence-electron chi connectivity index (χ1n) is 6.43. The van der Waals surface area contributed by atoms with Gasteiger partial charge in [-0.1, -0.05) is 31.4 Å². The number of rotatable bonds is 7. The van der Waals surface area contributed by atoms with Crippen molar-refractivity contribution in [2.45, 2.75) is 52.0 Å². The van der Waals surface area contributed by atoms with Crippen molar-refractivity contribution in [1.29, 1.82) is 0 Å². The third-order valence-electron chi connectivity index (χ3n) is 2.90. The Hall–Kier alpha value is -0.540. The first kappa shape index (κ1) is 15.5. The highest BCUT2D eigenvalue weighted by Crippen LogP contribution is 2.26. The Morgan fingerprint density at radius 2 is 2.00 bits per heavy atom. The summed E-state index contributed by atoms with van der Waals surface area (Å²) in [6.45, 7) is 7.48. The average molecular weight is 290 g/mol. The summed E-state index contributed by atoms with van der Waals surface area (Å²) in [5.74, 6) is 1.21. The third kappa shape index (κ3) is 3.99. The smallest absolute Gasteiger partial charge is 0.138 e. The van der Waals surface area contributed by atoms with E-state index in [-0.39, 0.29) is 0 Å². The molecule has 3 nitrogen and oxygen atoms in total. The molecule has 0 saturated carbocycles. The minimum absolute atomic E-state index is 0.339. The van der Waals surface area contributed by atoms with Crippen molar-refractivity contribution in [2.24, 2.45) is 0 Å². The molecular weight excluding hydrogens is 269 g/mol. The molecule has 1 heterocycles. The van der Waals surface area contributed by atoms with Gasteiger partial charge in [0.1, 0.15) is 17.3 Å². The Kier molecular flexibility index (Phi) is 6.72. The monoisotopic (exact) mass is 289 g/mol. The van der Waals surface area contributed by atoms with Crippen LogP contribution in [0.4, 0.5) is 5.82 Å². The molecule has 0 unspecified atom stereocenters. The standard InChI is InChI=1S/C13H21Cl2N3/c1-4-5-6-7-18(10(2)3)13-11(8-14)12(15)16-9-17-13/h9-10H,4-8H2,1-3H3. The fourth-order valence-electron chi connectivity index (χ4n) is 1.89. The summed E-state index contributed by atoms with van der Waals surface area (Å²) in [6, 6.07) is 0.370. The van der Waals surface area contributed by atoms with Crippen LogP contribution in [-0.4, -0.2) is 22.6 Å². The number of hydrogen-bond acceptors (Lipinski definition) is 3. The van der Waals surface area contributed by atoms with E-state index in [2.05, 4.69) is 35.6 Å². The highest BCUT2D eigenvalue weighted by Gasteiger charge is 2.17. The molecule has 1 rings (SSSR count). The van der Waals surface area contributed by atoms with Crippen LogP contribution in [0.25, 0.3) is 0 Å². The Morgan fingerprint density at radius 3 is 2.56 bits per heavy atom. The number of unbranched alkanes of at least 4 members (excludes halogenated alkanes) is 2. The van der Waals surface area contributed by atoms with Crippen LogP contribution in [0, 0.1) is 0 Å². The summed E-state index contributed by atoms with van der Waals surface area (Å²) in [5, 5.41) is 0.455. The number of aromatic nitrogens is 2. The van der Waals surface area contributed by atoms with Crippen molar-refractivity contribution in [3.8, 4) is 0 Å². The van der Waals surface area contributed by atoms with Gasteiger partial charge >= 0.3 is 0 Å². The van der Waals surface area contributed by atoms with Gasteiger partial charge in [0.05, 0.1) is 5.88 Å². The van der Waals surface area contributed by atoms with Crippen LogP contribution in [0.5, 0.6) is 0 Å². The van der Waals surface area contributed by atoms with E-state index in [4.69, 9.17) is 23.2 Å². The number of anilines is 1. The van der Waals surface area contributed by atoms with Crippen molar-refractivity contribution in [3.63, 3.8) is 0 Å². The molecule has 0 N–H and O–H groups in total. The van der Waals surface area contributed by atoms with Crippen LogP contribution < -0.4 is 4.90 Å². The van der Waals surface area contributed by atoms with Gasteiger partial charge in [-0.15, -0.1) is 11.6 Å². The second kappa shape index (κ2) is 7.80. The summed E-state index contributed by atoms with van der Waals surface area (Å²) in [6.07, 6.45) is 5.08. The van der Waals surface area contributed by atoms with Crippen LogP contribution in [0.15, 0.2) is 6.33 Å². The van der Waals surface area contributed by atoms with Gasteiger partial charge < -0.3 is 4.90 Å². The number of nitrogens with zero attached hydrogens (tertiary/aromatic N) is 3. The summed E-state index contributed by atoms with van der Waals surface area (Å²) >= 11 is 12.0. The van der Waals surface area contributed by atoms with Crippen molar-refractivity contribution >= 4 is 29.0 Å². The minimum atomic E-state index is 0.339. The zero-order valence-electron chi connectivity index (χ0n) is 11.3. The van der Waals surface area contributed by atoms with Gasteiger partial charge in [-0.3, -0.25) is 0 Å². The Balaban J connectivity index is 2.94. The van der Waals surface area contributed by atoms with Crippen molar-refractivity contribution in [1.82, 2.24) is 9.97 Å². The van der Waals surface area contributed by atoms with E-state index in [1.807, 2.05) is 0 Å². The normalized spacial score (nSPS) is 11.0. The van der Waals surface area contributed by atoms with E-state index >= 15 is 0 Å². The lowest BCUT2D eigenvalue weighted by Crippen LogP contribution is -2.33. The molecule has 0 aliphatic heterocycles. The summed E-state index contributed by atoms with van der Waals surface area (Å²) < 4.78 is 0. The fourth-order valence-corrected chi connectivity index (χ4v) is 2.40. The van der Waals surface area contributed by atoms with E-state index in [0.717, 1.165) is 24.3 Å². The van der Waals surface area contributed by atoms with E-state index in [0.29, 0.717) is 17.1 Å². The van der Waals surface area contributed by atoms with Gasteiger partial charge in [0.25, 0.3) is 0 Å². The maximum Gasteiger partial charge on any atom is 0.138 e. The van der Waals surface area contributed by atoms with Gasteiger partial charge in [-0.25, -0.2) is 9.97 Å². The van der Waals surface area contributed by atoms with Gasteiger partial charge in [0, 0.05) is 18.2 Å². The van der Waals surface area contributed by atoms with Crippen molar-refractivity contribution in [2.75, 3.05) is 11.4 Å². The molecule has 0 atom stereocenters. The minimum Gasteiger partial charge on any atom is -0.354 e. The first-order valence-corrected chi connectivity index (χ1v) is 7.35. The lowest BCUT2D eigenvalue weighted by atomic mass is 10.2. The Morgan fingerprint density at radius 1 is 1.28 bits per heavy atom. The molecule has 0 bridgehead atoms. The molecule has 102 valence electrons. The third-order valence-corrected chi connectivity index (χ3v) is 3.49. The Bertz CT molecular complexity index is 369. The van der Waals surface area contributed by atoms with E-state index in [1.165, 1.54) is 19.2 Å². The molecule has 0 spiro atoms. The summed E-state index contributed by atoms with van der Waals surface area (Å²) in [7, 11) is 0. The molecular formula is C13H21Cl2N3. The van der Waals surface area contributed by atoms with Gasteiger partial charge in [-0.2, -0.15) is 0 Å². The lowest BCUT2D eigenvalue weighted by Gasteiger charge is -2.29. The maximum atomic E-state index is 6.08. The van der Waals surface area contributed by atoms with E-state index in [9.17, 15) is 0 Å². The second-order valence-electron chi connectivity index (χ2n) is 4.59. The molecule has 0 amide bonds. The van der Waals surface area contributed by atoms with Crippen LogP contribution in [0.2, 0.25) is 5.15 Å². The topological polar surface area (TPSA) is 29.0 Å². The predicted octanol–water partition coefficient (Wildman–Crippen LogP) is 4.27. The van der Waals surface area contributed by atoms with Crippen molar-refractivity contribution in [3.05, 3.63) is 17.0 Å². The molecule has 0 aliphatic rings. The van der Waals surface area contributed by atoms with Crippen molar-refractivity contribution < 1.29 is 0 Å². The SMILES string of the molecule is CCCCCN(c1ncnc(Cl)c1CCl)C(C)C. The molecule has 0 saturated heterocycles. The predicted molar refractivity (Wildman–Crippen MR) is 78.6 cm³/mol. The fraction of sp³-hybridized carbons (Fsp3) is 0.692. The van der Waals surface area contributed by atoms with E-state index in [1.54, 1.807) is 0 Å². The molecule has 5 heteroatoms. The maximum absolute atomic E-state index is 6.08. The van der Waals surface area contributed by atoms with Crippen LogP contribution in [0.1, 0.15) is 45.6 Å². The van der Waals surface area contributed by atoms with E-state index < -0.39 is 0 Å². The number of alkyl halides is 1. The molecule has 18 heavy (non-hydrogen) atoms. The largest absolute Gasteiger partial charge is 0.354 e. The molecule has 0 aliphatic carbocycles. The quantitative estimate of drug-likeness (QED) is 0.426. The molecule has 1 aromatic heterocycles. The highest BCUT2D eigenvalue weighted by atomic mass is 35.5. The summed E-state index contributed by atoms with van der Waals surface area (Å²) in [5.41, 5.74) is 0.825. The van der Waals surface area contributed by atoms with Crippen LogP contribution in [0.3, 0.4) is 0 Å². The lowest BCUT2D eigenvalue weighted by molar-refractivity contribution is 0.617. The summed E-state index contributed by atoms with van der Waals surface area (Å²) in [4.78, 5) is 10.6. The average Bonchev–Trinajstić information content (AvgIpc) is 2.34.